The zero-order chi connectivity index (χ0) is 29.8. The van der Waals surface area contributed by atoms with Crippen molar-refractivity contribution in [1.29, 1.82) is 0 Å². The predicted octanol–water partition coefficient (Wildman–Crippen LogP) is 5.74. The van der Waals surface area contributed by atoms with E-state index >= 15 is 0 Å². The number of rotatable bonds is 14. The normalized spacial score (nSPS) is 19.9. The lowest BCUT2D eigenvalue weighted by Crippen LogP contribution is -2.59. The minimum atomic E-state index is -2.59. The number of carbonyl (C=O) groups excluding carboxylic acids is 3. The van der Waals surface area contributed by atoms with Crippen molar-refractivity contribution in [2.45, 2.75) is 91.6 Å². The maximum absolute atomic E-state index is 12.9. The molecular weight excluding hydrogens is 539 g/mol. The number of esters is 1. The van der Waals surface area contributed by atoms with E-state index in [4.69, 9.17) is 14.0 Å². The Morgan fingerprint density at radius 2 is 1.77 bits per heavy atom. The van der Waals surface area contributed by atoms with Gasteiger partial charge in [-0.3, -0.25) is 4.79 Å². The van der Waals surface area contributed by atoms with Crippen LogP contribution in [0.3, 0.4) is 0 Å². The SMILES string of the molecule is C[C@@H]1CCC[N+]1(C(=O)O)C(=O)C[P+](=O)OC(CCCCCCNC(=O)OCc1ccccc1)OC(=O)C(C)(C)C. The number of carboxylic acid groups (broad SMARTS) is 1. The molecule has 12 heteroatoms. The van der Waals surface area contributed by atoms with E-state index in [1.807, 2.05) is 30.3 Å². The van der Waals surface area contributed by atoms with E-state index in [1.165, 1.54) is 0 Å². The Morgan fingerprint density at radius 3 is 2.38 bits per heavy atom. The molecule has 1 aliphatic rings. The number of hydrogen-bond acceptors (Lipinski definition) is 8. The maximum atomic E-state index is 12.9. The first-order valence-electron chi connectivity index (χ1n) is 13.8. The van der Waals surface area contributed by atoms with E-state index in [9.17, 15) is 28.8 Å². The zero-order valence-electron chi connectivity index (χ0n) is 23.9. The minimum absolute atomic E-state index is 0.153. The zero-order valence-corrected chi connectivity index (χ0v) is 24.8. The van der Waals surface area contributed by atoms with Gasteiger partial charge in [0.05, 0.1) is 12.0 Å². The van der Waals surface area contributed by atoms with E-state index in [-0.39, 0.29) is 19.6 Å². The lowest BCUT2D eigenvalue weighted by atomic mass is 9.97. The van der Waals surface area contributed by atoms with Crippen LogP contribution in [-0.4, -0.2) is 65.2 Å². The molecule has 0 saturated carbocycles. The van der Waals surface area contributed by atoms with Crippen molar-refractivity contribution in [2.75, 3.05) is 19.3 Å². The average molecular weight is 583 g/mol. The number of unbranched alkanes of at least 4 members (excludes halogenated alkanes) is 3. The molecule has 3 amide bonds. The van der Waals surface area contributed by atoms with Crippen molar-refractivity contribution < 1.29 is 47.3 Å². The van der Waals surface area contributed by atoms with Gasteiger partial charge in [0.2, 0.25) is 0 Å². The van der Waals surface area contributed by atoms with Crippen LogP contribution in [0, 0.1) is 5.41 Å². The molecule has 0 radical (unpaired) electrons. The Bertz CT molecular complexity index is 1030. The first-order chi connectivity index (χ1) is 18.9. The Hall–Kier alpha value is -2.88. The Labute approximate surface area is 237 Å². The fourth-order valence-corrected chi connectivity index (χ4v) is 5.39. The molecule has 0 aromatic heterocycles. The molecule has 11 nitrogen and oxygen atoms in total. The van der Waals surface area contributed by atoms with Gasteiger partial charge in [0, 0.05) is 25.8 Å². The van der Waals surface area contributed by atoms with Gasteiger partial charge in [-0.25, -0.2) is 9.59 Å². The van der Waals surface area contributed by atoms with E-state index in [2.05, 4.69) is 5.32 Å². The number of imide groups is 1. The molecule has 1 fully saturated rings. The second kappa shape index (κ2) is 15.8. The molecule has 40 heavy (non-hydrogen) atoms. The van der Waals surface area contributed by atoms with E-state index in [1.54, 1.807) is 27.7 Å². The van der Waals surface area contributed by atoms with Crippen LogP contribution in [0.5, 0.6) is 0 Å². The van der Waals surface area contributed by atoms with Gasteiger partial charge in [-0.15, -0.1) is 4.52 Å². The summed E-state index contributed by atoms with van der Waals surface area (Å²) in [6, 6.07) is 8.97. The molecule has 1 aromatic carbocycles. The largest absolute Gasteiger partial charge is 0.526 e. The first-order valence-corrected chi connectivity index (χ1v) is 15.1. The summed E-state index contributed by atoms with van der Waals surface area (Å²) in [5, 5.41) is 12.4. The van der Waals surface area contributed by atoms with Crippen LogP contribution in [0.15, 0.2) is 30.3 Å². The third-order valence-corrected chi connectivity index (χ3v) is 7.87. The molecule has 0 aliphatic carbocycles. The second-order valence-electron chi connectivity index (χ2n) is 11.1. The Morgan fingerprint density at radius 1 is 1.10 bits per heavy atom. The molecule has 2 rings (SSSR count). The van der Waals surface area contributed by atoms with Gasteiger partial charge in [-0.1, -0.05) is 43.2 Å². The molecule has 2 N–H and O–H groups in total. The van der Waals surface area contributed by atoms with Crippen LogP contribution >= 0.6 is 8.03 Å². The fraction of sp³-hybridized carbons (Fsp3) is 0.643. The van der Waals surface area contributed by atoms with Crippen molar-refractivity contribution in [3.63, 3.8) is 0 Å². The predicted molar refractivity (Wildman–Crippen MR) is 147 cm³/mol. The average Bonchev–Trinajstić information content (AvgIpc) is 3.29. The van der Waals surface area contributed by atoms with Crippen LogP contribution in [0.25, 0.3) is 0 Å². The van der Waals surface area contributed by atoms with Crippen molar-refractivity contribution in [1.82, 2.24) is 5.32 Å². The number of quaternary nitrogens is 1. The van der Waals surface area contributed by atoms with Gasteiger partial charge in [-0.05, 0) is 50.7 Å². The number of amides is 3. The molecule has 1 saturated heterocycles. The lowest BCUT2D eigenvalue weighted by Gasteiger charge is -2.27. The second-order valence-corrected chi connectivity index (χ2v) is 12.3. The molecule has 0 spiro atoms. The number of hydrogen-bond donors (Lipinski definition) is 2. The molecule has 1 aliphatic heterocycles. The summed E-state index contributed by atoms with van der Waals surface area (Å²) in [6.07, 6.45) is 0.823. The number of alkyl carbamates (subject to hydrolysis) is 1. The number of likely N-dealkylation sites (tertiary alicyclic amines) is 1. The topological polar surface area (TPSA) is 145 Å². The maximum Gasteiger partial charge on any atom is 0.526 e. The molecule has 4 atom stereocenters. The highest BCUT2D eigenvalue weighted by Gasteiger charge is 2.55. The third kappa shape index (κ3) is 10.3. The van der Waals surface area contributed by atoms with Gasteiger partial charge in [0.15, 0.2) is 0 Å². The molecule has 1 heterocycles. The van der Waals surface area contributed by atoms with Crippen LogP contribution < -0.4 is 5.32 Å². The number of nitrogens with zero attached hydrogens (tertiary/aromatic N) is 1. The molecule has 222 valence electrons. The monoisotopic (exact) mass is 582 g/mol. The van der Waals surface area contributed by atoms with Crippen molar-refractivity contribution in [2.24, 2.45) is 5.41 Å². The third-order valence-electron chi connectivity index (χ3n) is 6.87. The quantitative estimate of drug-likeness (QED) is 0.0922. The number of ether oxygens (including phenoxy) is 2. The van der Waals surface area contributed by atoms with Crippen LogP contribution in [0.1, 0.15) is 78.2 Å². The summed E-state index contributed by atoms with van der Waals surface area (Å²) in [6.45, 7) is 7.55. The highest BCUT2D eigenvalue weighted by Crippen LogP contribution is 2.34. The summed E-state index contributed by atoms with van der Waals surface area (Å²) >= 11 is 0. The highest BCUT2D eigenvalue weighted by atomic mass is 31.1. The van der Waals surface area contributed by atoms with Crippen molar-refractivity contribution >= 4 is 32.1 Å². The van der Waals surface area contributed by atoms with E-state index in [0.717, 1.165) is 18.4 Å². The van der Waals surface area contributed by atoms with Crippen LogP contribution in [-0.2, 0) is 34.8 Å². The first kappa shape index (κ1) is 33.3. The molecule has 3 unspecified atom stereocenters. The van der Waals surface area contributed by atoms with Crippen LogP contribution in [0.4, 0.5) is 9.59 Å². The number of carbonyl (C=O) groups is 4. The fourth-order valence-electron chi connectivity index (χ4n) is 4.43. The van der Waals surface area contributed by atoms with Gasteiger partial charge >= 0.3 is 32.1 Å². The van der Waals surface area contributed by atoms with Crippen LogP contribution in [0.2, 0.25) is 0 Å². The van der Waals surface area contributed by atoms with Crippen molar-refractivity contribution in [3.05, 3.63) is 35.9 Å². The summed E-state index contributed by atoms with van der Waals surface area (Å²) in [5.41, 5.74) is 0.0918. The molecule has 0 bridgehead atoms. The Kier molecular flexibility index (Phi) is 13.2. The van der Waals surface area contributed by atoms with E-state index < -0.39 is 60.5 Å². The summed E-state index contributed by atoms with van der Waals surface area (Å²) in [5.74, 6) is -1.21. The van der Waals surface area contributed by atoms with Gasteiger partial charge in [-0.2, -0.15) is 9.28 Å². The molecule has 1 aromatic rings. The van der Waals surface area contributed by atoms with Gasteiger partial charge in [0.1, 0.15) is 12.6 Å². The van der Waals surface area contributed by atoms with Gasteiger partial charge < -0.3 is 19.9 Å². The summed E-state index contributed by atoms with van der Waals surface area (Å²) < 4.78 is 28.1. The standard InChI is InChI=1S/C28H41N2O9P/c1-21-13-12-18-30(21,27(34)35)23(31)20-40(36)39-24(38-25(32)28(2,3)4)16-10-5-6-11-17-29-26(33)37-19-22-14-8-7-9-15-22/h7-9,14-15,21,24H,5-6,10-13,16-20H2,1-4H3/p+2/t21-,24?,30?/m1/s1. The lowest BCUT2D eigenvalue weighted by molar-refractivity contribution is -0.791. The number of nitrogens with one attached hydrogen (secondary N) is 1. The number of benzene rings is 1. The van der Waals surface area contributed by atoms with Crippen molar-refractivity contribution in [3.8, 4) is 0 Å². The summed E-state index contributed by atoms with van der Waals surface area (Å²) in [7, 11) is -2.59. The van der Waals surface area contributed by atoms with Gasteiger partial charge in [0.25, 0.3) is 12.5 Å². The minimum Gasteiger partial charge on any atom is -0.445 e. The Balaban J connectivity index is 1.78. The summed E-state index contributed by atoms with van der Waals surface area (Å²) in [4.78, 5) is 49.1. The van der Waals surface area contributed by atoms with E-state index in [0.29, 0.717) is 32.2 Å². The smallest absolute Gasteiger partial charge is 0.445 e. The highest BCUT2D eigenvalue weighted by molar-refractivity contribution is 7.40. The molecular formula is C28H43N2O9P+2.